The summed E-state index contributed by atoms with van der Waals surface area (Å²) in [5, 5.41) is 4.62. The van der Waals surface area contributed by atoms with E-state index in [1.54, 1.807) is 6.92 Å². The Morgan fingerprint density at radius 2 is 2.08 bits per heavy atom. The SMILES string of the molecule is Cc1cc(OS(N)(=O)=O)nc(N)n1. The summed E-state index contributed by atoms with van der Waals surface area (Å²) in [6.07, 6.45) is 0. The quantitative estimate of drug-likeness (QED) is 0.633. The Morgan fingerprint density at radius 1 is 1.46 bits per heavy atom. The van der Waals surface area contributed by atoms with Crippen molar-refractivity contribution in [3.05, 3.63) is 11.8 Å². The maximum absolute atomic E-state index is 10.5. The summed E-state index contributed by atoms with van der Waals surface area (Å²) in [6.45, 7) is 1.62. The van der Waals surface area contributed by atoms with Crippen LogP contribution in [0.15, 0.2) is 6.07 Å². The Balaban J connectivity index is 3.03. The summed E-state index contributed by atoms with van der Waals surface area (Å²) in [4.78, 5) is 7.22. The zero-order valence-corrected chi connectivity index (χ0v) is 7.58. The highest BCUT2D eigenvalue weighted by molar-refractivity contribution is 7.84. The van der Waals surface area contributed by atoms with Crippen LogP contribution in [0.3, 0.4) is 0 Å². The third-order valence-corrected chi connectivity index (χ3v) is 1.45. The number of hydrogen-bond acceptors (Lipinski definition) is 6. The summed E-state index contributed by atoms with van der Waals surface area (Å²) in [6, 6.07) is 1.31. The Morgan fingerprint density at radius 3 is 2.54 bits per heavy atom. The molecule has 72 valence electrons. The van der Waals surface area contributed by atoms with E-state index < -0.39 is 10.3 Å². The van der Waals surface area contributed by atoms with Gasteiger partial charge in [-0.25, -0.2) is 4.98 Å². The van der Waals surface area contributed by atoms with Gasteiger partial charge in [0.1, 0.15) is 0 Å². The molecule has 1 aromatic rings. The first kappa shape index (κ1) is 9.68. The van der Waals surface area contributed by atoms with Crippen LogP contribution in [0.4, 0.5) is 5.95 Å². The molecular weight excluding hydrogens is 196 g/mol. The smallest absolute Gasteiger partial charge is 0.368 e. The van der Waals surface area contributed by atoms with Gasteiger partial charge in [-0.2, -0.15) is 18.5 Å². The molecule has 0 fully saturated rings. The third-order valence-electron chi connectivity index (χ3n) is 1.05. The first-order valence-electron chi connectivity index (χ1n) is 3.20. The Bertz CT molecular complexity index is 396. The van der Waals surface area contributed by atoms with Gasteiger partial charge in [0.25, 0.3) is 0 Å². The molecule has 0 aliphatic rings. The second-order valence-electron chi connectivity index (χ2n) is 2.28. The monoisotopic (exact) mass is 204 g/mol. The van der Waals surface area contributed by atoms with Crippen LogP contribution < -0.4 is 15.1 Å². The molecule has 0 aromatic carbocycles. The van der Waals surface area contributed by atoms with E-state index in [1.807, 2.05) is 0 Å². The van der Waals surface area contributed by atoms with E-state index in [0.29, 0.717) is 5.69 Å². The average Bonchev–Trinajstić information content (AvgIpc) is 1.78. The lowest BCUT2D eigenvalue weighted by atomic mass is 10.4. The van der Waals surface area contributed by atoms with Crippen LogP contribution in [0.5, 0.6) is 5.88 Å². The highest BCUT2D eigenvalue weighted by Crippen LogP contribution is 2.10. The van der Waals surface area contributed by atoms with Crippen LogP contribution in [0.25, 0.3) is 0 Å². The van der Waals surface area contributed by atoms with Crippen molar-refractivity contribution in [2.24, 2.45) is 5.14 Å². The third kappa shape index (κ3) is 3.22. The molecule has 0 aliphatic carbocycles. The molecule has 0 spiro atoms. The summed E-state index contributed by atoms with van der Waals surface area (Å²) < 4.78 is 25.2. The highest BCUT2D eigenvalue weighted by Gasteiger charge is 2.07. The van der Waals surface area contributed by atoms with Crippen LogP contribution in [0.1, 0.15) is 5.69 Å². The lowest BCUT2D eigenvalue weighted by Gasteiger charge is -2.02. The molecule has 1 aromatic heterocycles. The van der Waals surface area contributed by atoms with Crippen molar-refractivity contribution in [1.82, 2.24) is 9.97 Å². The van der Waals surface area contributed by atoms with Crippen molar-refractivity contribution in [2.75, 3.05) is 5.73 Å². The van der Waals surface area contributed by atoms with Crippen LogP contribution in [0.2, 0.25) is 0 Å². The summed E-state index contributed by atoms with van der Waals surface area (Å²) in [7, 11) is -4.06. The molecular formula is C5H8N4O3S. The first-order chi connectivity index (χ1) is 5.87. The van der Waals surface area contributed by atoms with Crippen LogP contribution >= 0.6 is 0 Å². The van der Waals surface area contributed by atoms with Gasteiger partial charge >= 0.3 is 10.3 Å². The number of aryl methyl sites for hydroxylation is 1. The average molecular weight is 204 g/mol. The van der Waals surface area contributed by atoms with Crippen molar-refractivity contribution < 1.29 is 12.6 Å². The van der Waals surface area contributed by atoms with Crippen LogP contribution in [0, 0.1) is 6.92 Å². The molecule has 0 saturated heterocycles. The summed E-state index contributed by atoms with van der Waals surface area (Å²) in [5.41, 5.74) is 5.73. The van der Waals surface area contributed by atoms with Gasteiger partial charge in [-0.3, -0.25) is 0 Å². The minimum Gasteiger partial charge on any atom is -0.368 e. The number of aromatic nitrogens is 2. The van der Waals surface area contributed by atoms with E-state index in [4.69, 9.17) is 5.73 Å². The Labute approximate surface area is 75.0 Å². The van der Waals surface area contributed by atoms with Crippen molar-refractivity contribution >= 4 is 16.3 Å². The van der Waals surface area contributed by atoms with Gasteiger partial charge in [-0.15, -0.1) is 0 Å². The molecule has 8 heteroatoms. The Hall–Kier alpha value is -1.41. The number of nitrogens with two attached hydrogens (primary N) is 2. The minimum absolute atomic E-state index is 0.0707. The molecule has 1 rings (SSSR count). The van der Waals surface area contributed by atoms with Gasteiger partial charge < -0.3 is 9.92 Å². The van der Waals surface area contributed by atoms with Gasteiger partial charge in [-0.05, 0) is 6.92 Å². The van der Waals surface area contributed by atoms with E-state index in [9.17, 15) is 8.42 Å². The molecule has 7 nitrogen and oxygen atoms in total. The fourth-order valence-electron chi connectivity index (χ4n) is 0.724. The van der Waals surface area contributed by atoms with E-state index in [2.05, 4.69) is 19.3 Å². The fourth-order valence-corrected chi connectivity index (χ4v) is 1.05. The van der Waals surface area contributed by atoms with E-state index in [0.717, 1.165) is 0 Å². The van der Waals surface area contributed by atoms with Crippen molar-refractivity contribution in [1.29, 1.82) is 0 Å². The van der Waals surface area contributed by atoms with Crippen molar-refractivity contribution in [3.8, 4) is 5.88 Å². The normalized spacial score (nSPS) is 11.2. The number of nitrogen functional groups attached to an aromatic ring is 1. The van der Waals surface area contributed by atoms with E-state index in [1.165, 1.54) is 6.07 Å². The lowest BCUT2D eigenvalue weighted by molar-refractivity contribution is 0.477. The van der Waals surface area contributed by atoms with Crippen molar-refractivity contribution in [2.45, 2.75) is 6.92 Å². The molecule has 0 saturated carbocycles. The maximum atomic E-state index is 10.5. The second kappa shape index (κ2) is 3.15. The van der Waals surface area contributed by atoms with E-state index in [-0.39, 0.29) is 11.8 Å². The fraction of sp³-hybridized carbons (Fsp3) is 0.200. The molecule has 0 unspecified atom stereocenters. The summed E-state index contributed by atoms with van der Waals surface area (Å²) in [5.74, 6) is -0.258. The molecule has 1 heterocycles. The molecule has 0 radical (unpaired) electrons. The van der Waals surface area contributed by atoms with Gasteiger partial charge in [0.2, 0.25) is 11.8 Å². The van der Waals surface area contributed by atoms with Crippen LogP contribution in [-0.4, -0.2) is 18.4 Å². The zero-order valence-electron chi connectivity index (χ0n) is 6.76. The molecule has 13 heavy (non-hydrogen) atoms. The van der Waals surface area contributed by atoms with Gasteiger partial charge in [0, 0.05) is 11.8 Å². The lowest BCUT2D eigenvalue weighted by Crippen LogP contribution is -2.20. The topological polar surface area (TPSA) is 121 Å². The molecule has 0 aliphatic heterocycles. The molecule has 0 atom stereocenters. The van der Waals surface area contributed by atoms with Crippen molar-refractivity contribution in [3.63, 3.8) is 0 Å². The number of nitrogens with zero attached hydrogens (tertiary/aromatic N) is 2. The van der Waals surface area contributed by atoms with Crippen LogP contribution in [-0.2, 0) is 10.3 Å². The van der Waals surface area contributed by atoms with E-state index >= 15 is 0 Å². The Kier molecular flexibility index (Phi) is 2.34. The standard InChI is InChI=1S/C5H8N4O3S/c1-3-2-4(9-5(6)8-3)12-13(7,10)11/h2H,1H3,(H2,6,8,9)(H2,7,10,11). The molecule has 0 amide bonds. The minimum atomic E-state index is -4.06. The first-order valence-corrected chi connectivity index (χ1v) is 4.67. The zero-order chi connectivity index (χ0) is 10.1. The molecule has 4 N–H and O–H groups in total. The molecule has 0 bridgehead atoms. The number of anilines is 1. The predicted molar refractivity (Wildman–Crippen MR) is 44.9 cm³/mol. The van der Waals surface area contributed by atoms with Gasteiger partial charge in [0.05, 0.1) is 0 Å². The largest absolute Gasteiger partial charge is 0.381 e. The van der Waals surface area contributed by atoms with Gasteiger partial charge in [0.15, 0.2) is 0 Å². The highest BCUT2D eigenvalue weighted by atomic mass is 32.2. The number of rotatable bonds is 2. The predicted octanol–water partition coefficient (Wildman–Crippen LogP) is -1.05. The second-order valence-corrected chi connectivity index (χ2v) is 3.43. The number of hydrogen-bond donors (Lipinski definition) is 2. The maximum Gasteiger partial charge on any atom is 0.381 e. The summed E-state index contributed by atoms with van der Waals surface area (Å²) >= 11 is 0. The van der Waals surface area contributed by atoms with Gasteiger partial charge in [-0.1, -0.05) is 0 Å².